The van der Waals surface area contributed by atoms with E-state index in [0.717, 1.165) is 11.8 Å². The Morgan fingerprint density at radius 1 is 1.11 bits per heavy atom. The summed E-state index contributed by atoms with van der Waals surface area (Å²) >= 11 is 0. The Labute approximate surface area is 118 Å². The van der Waals surface area contributed by atoms with Crippen molar-refractivity contribution in [2.75, 3.05) is 6.54 Å². The van der Waals surface area contributed by atoms with Crippen LogP contribution in [0.15, 0.2) is 24.3 Å². The van der Waals surface area contributed by atoms with Crippen LogP contribution in [0.1, 0.15) is 63.6 Å². The molecule has 1 aliphatic rings. The molecule has 2 rings (SSSR count). The maximum atomic E-state index is 3.66. The van der Waals surface area contributed by atoms with Crippen LogP contribution < -0.4 is 5.32 Å². The van der Waals surface area contributed by atoms with E-state index >= 15 is 0 Å². The van der Waals surface area contributed by atoms with Gasteiger partial charge in [0, 0.05) is 6.04 Å². The monoisotopic (exact) mass is 259 g/mol. The van der Waals surface area contributed by atoms with Crippen LogP contribution in [0.3, 0.4) is 0 Å². The lowest BCUT2D eigenvalue weighted by Crippen LogP contribution is -2.24. The molecule has 0 bridgehead atoms. The molecule has 106 valence electrons. The second-order valence-electron chi connectivity index (χ2n) is 6.60. The largest absolute Gasteiger partial charge is 0.310 e. The molecule has 0 radical (unpaired) electrons. The minimum Gasteiger partial charge on any atom is -0.310 e. The molecule has 1 saturated carbocycles. The number of nitrogens with one attached hydrogen (secondary N) is 1. The summed E-state index contributed by atoms with van der Waals surface area (Å²) < 4.78 is 0. The maximum absolute atomic E-state index is 3.66. The molecule has 1 aliphatic carbocycles. The summed E-state index contributed by atoms with van der Waals surface area (Å²) in [5.74, 6) is 1.75. The Hall–Kier alpha value is -0.820. The molecule has 1 nitrogen and oxygen atoms in total. The number of hydrogen-bond acceptors (Lipinski definition) is 1. The third-order valence-electron chi connectivity index (χ3n) is 4.35. The van der Waals surface area contributed by atoms with Crippen LogP contribution >= 0.6 is 0 Å². The average Bonchev–Trinajstić information content (AvgIpc) is 2.32. The van der Waals surface area contributed by atoms with Gasteiger partial charge in [-0.25, -0.2) is 0 Å². The van der Waals surface area contributed by atoms with E-state index in [2.05, 4.69) is 50.4 Å². The molecule has 1 N–H and O–H groups in total. The molecule has 1 aromatic rings. The third-order valence-corrected chi connectivity index (χ3v) is 4.35. The molecule has 1 atom stereocenters. The predicted molar refractivity (Wildman–Crippen MR) is 83.4 cm³/mol. The van der Waals surface area contributed by atoms with Crippen molar-refractivity contribution in [3.8, 4) is 0 Å². The lowest BCUT2D eigenvalue weighted by Gasteiger charge is -2.26. The van der Waals surface area contributed by atoms with Gasteiger partial charge in [0.1, 0.15) is 0 Å². The average molecular weight is 259 g/mol. The summed E-state index contributed by atoms with van der Waals surface area (Å²) in [6.07, 6.45) is 6.91. The fourth-order valence-electron chi connectivity index (χ4n) is 2.82. The first-order chi connectivity index (χ1) is 9.15. The van der Waals surface area contributed by atoms with Gasteiger partial charge in [-0.05, 0) is 49.3 Å². The van der Waals surface area contributed by atoms with Gasteiger partial charge in [-0.2, -0.15) is 0 Å². The van der Waals surface area contributed by atoms with Crippen molar-refractivity contribution in [3.63, 3.8) is 0 Å². The lowest BCUT2D eigenvalue weighted by molar-refractivity contribution is 0.288. The van der Waals surface area contributed by atoms with Crippen LogP contribution in [0.4, 0.5) is 0 Å². The van der Waals surface area contributed by atoms with Crippen LogP contribution in [0.5, 0.6) is 0 Å². The molecule has 0 aliphatic heterocycles. The highest BCUT2D eigenvalue weighted by Gasteiger charge is 2.16. The van der Waals surface area contributed by atoms with E-state index in [1.807, 2.05) is 0 Å². The summed E-state index contributed by atoms with van der Waals surface area (Å²) in [6.45, 7) is 7.99. The fourth-order valence-corrected chi connectivity index (χ4v) is 2.82. The topological polar surface area (TPSA) is 12.0 Å². The molecular weight excluding hydrogens is 230 g/mol. The van der Waals surface area contributed by atoms with Crippen LogP contribution in [0, 0.1) is 11.8 Å². The van der Waals surface area contributed by atoms with Gasteiger partial charge in [-0.15, -0.1) is 0 Å². The molecular formula is C18H29N. The van der Waals surface area contributed by atoms with Crippen molar-refractivity contribution in [1.82, 2.24) is 5.32 Å². The minimum atomic E-state index is 0.480. The van der Waals surface area contributed by atoms with Crippen molar-refractivity contribution < 1.29 is 0 Å². The summed E-state index contributed by atoms with van der Waals surface area (Å²) in [6, 6.07) is 9.64. The van der Waals surface area contributed by atoms with Crippen LogP contribution in [0.25, 0.3) is 0 Å². The van der Waals surface area contributed by atoms with Gasteiger partial charge in [0.2, 0.25) is 0 Å². The first-order valence-corrected chi connectivity index (χ1v) is 7.97. The molecule has 1 unspecified atom stereocenters. The number of hydrogen-bond donors (Lipinski definition) is 1. The first kappa shape index (κ1) is 14.6. The van der Waals surface area contributed by atoms with E-state index in [0.29, 0.717) is 6.04 Å². The van der Waals surface area contributed by atoms with Gasteiger partial charge >= 0.3 is 0 Å². The molecule has 19 heavy (non-hydrogen) atoms. The molecule has 0 heterocycles. The second kappa shape index (κ2) is 7.09. The standard InChI is InChI=1S/C18H29N/c1-14(2)13-17-7-9-18(10-8-17)15(3)19-12-11-16-5-4-6-16/h7-10,14-16,19H,4-6,11-13H2,1-3H3. The molecule has 0 spiro atoms. The normalized spacial score (nSPS) is 17.5. The molecule has 1 heteroatoms. The van der Waals surface area contributed by atoms with Crippen LogP contribution in [-0.4, -0.2) is 6.54 Å². The van der Waals surface area contributed by atoms with Crippen molar-refractivity contribution in [1.29, 1.82) is 0 Å². The Morgan fingerprint density at radius 3 is 2.32 bits per heavy atom. The molecule has 1 aromatic carbocycles. The highest BCUT2D eigenvalue weighted by atomic mass is 14.9. The van der Waals surface area contributed by atoms with Crippen molar-refractivity contribution in [2.45, 2.75) is 58.9 Å². The quantitative estimate of drug-likeness (QED) is 0.746. The van der Waals surface area contributed by atoms with Gasteiger partial charge in [-0.1, -0.05) is 57.4 Å². The zero-order valence-corrected chi connectivity index (χ0v) is 12.8. The smallest absolute Gasteiger partial charge is 0.0291 e. The van der Waals surface area contributed by atoms with E-state index in [1.54, 1.807) is 0 Å². The highest BCUT2D eigenvalue weighted by molar-refractivity contribution is 5.25. The summed E-state index contributed by atoms with van der Waals surface area (Å²) in [4.78, 5) is 0. The zero-order chi connectivity index (χ0) is 13.7. The Balaban J connectivity index is 1.76. The first-order valence-electron chi connectivity index (χ1n) is 7.97. The SMILES string of the molecule is CC(C)Cc1ccc(C(C)NCCC2CCC2)cc1. The van der Waals surface area contributed by atoms with E-state index in [1.165, 1.54) is 49.8 Å². The Bertz CT molecular complexity index is 362. The molecule has 1 fully saturated rings. The van der Waals surface area contributed by atoms with Gasteiger partial charge in [0.25, 0.3) is 0 Å². The van der Waals surface area contributed by atoms with Crippen LogP contribution in [-0.2, 0) is 6.42 Å². The highest BCUT2D eigenvalue weighted by Crippen LogP contribution is 2.29. The van der Waals surface area contributed by atoms with Crippen molar-refractivity contribution >= 4 is 0 Å². The van der Waals surface area contributed by atoms with E-state index in [4.69, 9.17) is 0 Å². The molecule has 0 amide bonds. The zero-order valence-electron chi connectivity index (χ0n) is 12.8. The van der Waals surface area contributed by atoms with Gasteiger partial charge in [0.05, 0.1) is 0 Å². The predicted octanol–water partition coefficient (Wildman–Crippen LogP) is 4.73. The maximum Gasteiger partial charge on any atom is 0.0291 e. The Morgan fingerprint density at radius 2 is 1.79 bits per heavy atom. The fraction of sp³-hybridized carbons (Fsp3) is 0.667. The number of rotatable bonds is 7. The van der Waals surface area contributed by atoms with Crippen LogP contribution in [0.2, 0.25) is 0 Å². The summed E-state index contributed by atoms with van der Waals surface area (Å²) in [5.41, 5.74) is 2.88. The second-order valence-corrected chi connectivity index (χ2v) is 6.60. The van der Waals surface area contributed by atoms with Gasteiger partial charge in [0.15, 0.2) is 0 Å². The van der Waals surface area contributed by atoms with Crippen molar-refractivity contribution in [3.05, 3.63) is 35.4 Å². The number of benzene rings is 1. The third kappa shape index (κ3) is 4.65. The molecule has 0 saturated heterocycles. The van der Waals surface area contributed by atoms with Gasteiger partial charge in [-0.3, -0.25) is 0 Å². The molecule has 0 aromatic heterocycles. The van der Waals surface area contributed by atoms with Crippen molar-refractivity contribution in [2.24, 2.45) is 11.8 Å². The van der Waals surface area contributed by atoms with E-state index < -0.39 is 0 Å². The van der Waals surface area contributed by atoms with E-state index in [9.17, 15) is 0 Å². The lowest BCUT2D eigenvalue weighted by atomic mass is 9.83. The summed E-state index contributed by atoms with van der Waals surface area (Å²) in [5, 5.41) is 3.66. The van der Waals surface area contributed by atoms with Gasteiger partial charge < -0.3 is 5.32 Å². The van der Waals surface area contributed by atoms with E-state index in [-0.39, 0.29) is 0 Å². The minimum absolute atomic E-state index is 0.480. The Kier molecular flexibility index (Phi) is 5.45. The summed E-state index contributed by atoms with van der Waals surface area (Å²) in [7, 11) is 0.